The van der Waals surface area contributed by atoms with E-state index >= 15 is 0 Å². The van der Waals surface area contributed by atoms with Crippen molar-refractivity contribution in [2.75, 3.05) is 11.1 Å². The minimum absolute atomic E-state index is 0.0697. The Morgan fingerprint density at radius 2 is 2.42 bits per heavy atom. The second kappa shape index (κ2) is 5.71. The van der Waals surface area contributed by atoms with Crippen molar-refractivity contribution in [1.29, 1.82) is 0 Å². The molecule has 0 saturated heterocycles. The number of carbonyl (C=O) groups is 1. The summed E-state index contributed by atoms with van der Waals surface area (Å²) in [5, 5.41) is 16.3. The molecule has 100 valence electrons. The van der Waals surface area contributed by atoms with Crippen LogP contribution in [0, 0.1) is 0 Å². The van der Waals surface area contributed by atoms with Crippen LogP contribution in [-0.2, 0) is 6.42 Å². The minimum atomic E-state index is -1.05. The number of hydrogen-bond acceptors (Lipinski definition) is 5. The Morgan fingerprint density at radius 3 is 3.05 bits per heavy atom. The lowest BCUT2D eigenvalue weighted by molar-refractivity contribution is 0.0698. The molecule has 0 bridgehead atoms. The molecule has 2 aromatic rings. The molecule has 5 nitrogen and oxygen atoms in total. The fourth-order valence-electron chi connectivity index (χ4n) is 1.80. The molecule has 2 aromatic heterocycles. The van der Waals surface area contributed by atoms with Crippen LogP contribution in [0.15, 0.2) is 29.1 Å². The molecule has 0 saturated carbocycles. The standard InChI is InChI=1S/C13H15N3O2S/c1-8(4-9-2-3-19-7-9)16-12-5-10(13(17)18)11(14)6-15-12/h2-3,5-8H,4,14H2,1H3,(H,15,16)(H,17,18). The third kappa shape index (κ3) is 3.45. The lowest BCUT2D eigenvalue weighted by atomic mass is 10.1. The predicted molar refractivity (Wildman–Crippen MR) is 76.7 cm³/mol. The molecular formula is C13H15N3O2S. The number of rotatable bonds is 5. The molecule has 6 heteroatoms. The largest absolute Gasteiger partial charge is 0.478 e. The highest BCUT2D eigenvalue weighted by Crippen LogP contribution is 2.17. The van der Waals surface area contributed by atoms with Gasteiger partial charge in [0.15, 0.2) is 0 Å². The van der Waals surface area contributed by atoms with Crippen molar-refractivity contribution in [3.8, 4) is 0 Å². The lowest BCUT2D eigenvalue weighted by Crippen LogP contribution is -2.19. The van der Waals surface area contributed by atoms with Crippen molar-refractivity contribution in [1.82, 2.24) is 4.98 Å². The molecule has 0 aliphatic heterocycles. The van der Waals surface area contributed by atoms with E-state index < -0.39 is 5.97 Å². The van der Waals surface area contributed by atoms with E-state index in [1.165, 1.54) is 17.8 Å². The van der Waals surface area contributed by atoms with Crippen LogP contribution in [0.4, 0.5) is 11.5 Å². The van der Waals surface area contributed by atoms with Gasteiger partial charge < -0.3 is 16.2 Å². The number of nitrogens with zero attached hydrogens (tertiary/aromatic N) is 1. The molecule has 0 aliphatic carbocycles. The summed E-state index contributed by atoms with van der Waals surface area (Å²) in [6.45, 7) is 2.02. The molecule has 1 unspecified atom stereocenters. The number of thiophene rings is 1. The van der Waals surface area contributed by atoms with Crippen LogP contribution in [0.25, 0.3) is 0 Å². The zero-order valence-corrected chi connectivity index (χ0v) is 11.3. The van der Waals surface area contributed by atoms with Crippen LogP contribution in [0.3, 0.4) is 0 Å². The second-order valence-corrected chi connectivity index (χ2v) is 5.12. The number of aromatic carboxylic acids is 1. The lowest BCUT2D eigenvalue weighted by Gasteiger charge is -2.14. The Kier molecular flexibility index (Phi) is 4.01. The highest BCUT2D eigenvalue weighted by molar-refractivity contribution is 7.07. The van der Waals surface area contributed by atoms with E-state index in [9.17, 15) is 4.79 Å². The van der Waals surface area contributed by atoms with Gasteiger partial charge in [-0.05, 0) is 41.8 Å². The van der Waals surface area contributed by atoms with Crippen LogP contribution < -0.4 is 11.1 Å². The van der Waals surface area contributed by atoms with E-state index in [2.05, 4.69) is 21.7 Å². The SMILES string of the molecule is CC(Cc1ccsc1)Nc1cc(C(=O)O)c(N)cn1. The smallest absolute Gasteiger partial charge is 0.337 e. The van der Waals surface area contributed by atoms with Crippen molar-refractivity contribution in [3.63, 3.8) is 0 Å². The maximum absolute atomic E-state index is 11.0. The zero-order chi connectivity index (χ0) is 13.8. The average Bonchev–Trinajstić information content (AvgIpc) is 2.84. The molecule has 0 spiro atoms. The van der Waals surface area contributed by atoms with Crippen LogP contribution in [0.1, 0.15) is 22.8 Å². The number of anilines is 2. The summed E-state index contributed by atoms with van der Waals surface area (Å²) in [4.78, 5) is 15.1. The van der Waals surface area contributed by atoms with Gasteiger partial charge in [0, 0.05) is 6.04 Å². The van der Waals surface area contributed by atoms with E-state index in [0.717, 1.165) is 6.42 Å². The third-order valence-electron chi connectivity index (χ3n) is 2.68. The number of nitrogens with two attached hydrogens (primary N) is 1. The zero-order valence-electron chi connectivity index (χ0n) is 10.5. The van der Waals surface area contributed by atoms with Crippen molar-refractivity contribution in [3.05, 3.63) is 40.2 Å². The number of nitrogens with one attached hydrogen (secondary N) is 1. The first-order valence-corrected chi connectivity index (χ1v) is 6.77. The molecule has 0 aliphatic rings. The van der Waals surface area contributed by atoms with Gasteiger partial charge in [-0.15, -0.1) is 0 Å². The highest BCUT2D eigenvalue weighted by atomic mass is 32.1. The number of pyridine rings is 1. The number of nitrogen functional groups attached to an aromatic ring is 1. The normalized spacial score (nSPS) is 12.1. The first kappa shape index (κ1) is 13.4. The van der Waals surface area contributed by atoms with Crippen LogP contribution in [0.2, 0.25) is 0 Å². The highest BCUT2D eigenvalue weighted by Gasteiger charge is 2.11. The third-order valence-corrected chi connectivity index (χ3v) is 3.41. The Morgan fingerprint density at radius 1 is 1.63 bits per heavy atom. The predicted octanol–water partition coefficient (Wildman–Crippen LogP) is 2.47. The van der Waals surface area contributed by atoms with Gasteiger partial charge in [-0.25, -0.2) is 9.78 Å². The van der Waals surface area contributed by atoms with E-state index in [1.807, 2.05) is 12.3 Å². The summed E-state index contributed by atoms with van der Waals surface area (Å²) < 4.78 is 0. The summed E-state index contributed by atoms with van der Waals surface area (Å²) in [7, 11) is 0. The fraction of sp³-hybridized carbons (Fsp3) is 0.231. The summed E-state index contributed by atoms with van der Waals surface area (Å²) in [6.07, 6.45) is 2.22. The molecule has 2 heterocycles. The Balaban J connectivity index is 2.06. The van der Waals surface area contributed by atoms with Gasteiger partial charge in [-0.2, -0.15) is 11.3 Å². The van der Waals surface area contributed by atoms with Gasteiger partial charge in [-0.1, -0.05) is 0 Å². The van der Waals surface area contributed by atoms with Crippen molar-refractivity contribution >= 4 is 28.8 Å². The van der Waals surface area contributed by atoms with E-state index in [4.69, 9.17) is 10.8 Å². The van der Waals surface area contributed by atoms with E-state index in [0.29, 0.717) is 5.82 Å². The maximum Gasteiger partial charge on any atom is 0.337 e. The summed E-state index contributed by atoms with van der Waals surface area (Å²) in [6, 6.07) is 3.69. The van der Waals surface area contributed by atoms with Gasteiger partial charge in [0.25, 0.3) is 0 Å². The second-order valence-electron chi connectivity index (χ2n) is 4.34. The Labute approximate surface area is 115 Å². The van der Waals surface area contributed by atoms with Crippen LogP contribution in [-0.4, -0.2) is 22.1 Å². The van der Waals surface area contributed by atoms with Gasteiger partial charge in [-0.3, -0.25) is 0 Å². The fourth-order valence-corrected chi connectivity index (χ4v) is 2.48. The summed E-state index contributed by atoms with van der Waals surface area (Å²) in [5.41, 5.74) is 7.05. The quantitative estimate of drug-likeness (QED) is 0.781. The van der Waals surface area contributed by atoms with E-state index in [1.54, 1.807) is 11.3 Å². The van der Waals surface area contributed by atoms with Crippen LogP contribution in [0.5, 0.6) is 0 Å². The first-order valence-electron chi connectivity index (χ1n) is 5.82. The molecule has 4 N–H and O–H groups in total. The summed E-state index contributed by atoms with van der Waals surface area (Å²) >= 11 is 1.66. The Bertz CT molecular complexity index is 569. The van der Waals surface area contributed by atoms with Crippen molar-refractivity contribution in [2.45, 2.75) is 19.4 Å². The first-order chi connectivity index (χ1) is 9.06. The molecular weight excluding hydrogens is 262 g/mol. The van der Waals surface area contributed by atoms with Gasteiger partial charge in [0.05, 0.1) is 17.4 Å². The molecule has 19 heavy (non-hydrogen) atoms. The number of carboxylic acids is 1. The van der Waals surface area contributed by atoms with Crippen molar-refractivity contribution in [2.24, 2.45) is 0 Å². The average molecular weight is 277 g/mol. The number of carboxylic acid groups (broad SMARTS) is 1. The summed E-state index contributed by atoms with van der Waals surface area (Å²) in [5.74, 6) is -0.525. The maximum atomic E-state index is 11.0. The molecule has 0 aromatic carbocycles. The number of hydrogen-bond donors (Lipinski definition) is 3. The molecule has 1 atom stereocenters. The van der Waals surface area contributed by atoms with Crippen molar-refractivity contribution < 1.29 is 9.90 Å². The van der Waals surface area contributed by atoms with Gasteiger partial charge in [0.2, 0.25) is 0 Å². The molecule has 0 fully saturated rings. The van der Waals surface area contributed by atoms with E-state index in [-0.39, 0.29) is 17.3 Å². The number of aromatic nitrogens is 1. The molecule has 0 amide bonds. The Hall–Kier alpha value is -2.08. The van der Waals surface area contributed by atoms with Gasteiger partial charge in [0.1, 0.15) is 5.82 Å². The van der Waals surface area contributed by atoms with Gasteiger partial charge >= 0.3 is 5.97 Å². The monoisotopic (exact) mass is 277 g/mol. The topological polar surface area (TPSA) is 88.2 Å². The molecule has 2 rings (SSSR count). The molecule has 0 radical (unpaired) electrons. The van der Waals surface area contributed by atoms with Crippen LogP contribution >= 0.6 is 11.3 Å². The minimum Gasteiger partial charge on any atom is -0.478 e.